The van der Waals surface area contributed by atoms with Crippen LogP contribution < -0.4 is 5.32 Å². The van der Waals surface area contributed by atoms with Gasteiger partial charge >= 0.3 is 11.9 Å². The van der Waals surface area contributed by atoms with Crippen LogP contribution in [0.2, 0.25) is 5.02 Å². The molecule has 1 aliphatic rings. The highest BCUT2D eigenvalue weighted by molar-refractivity contribution is 7.18. The monoisotopic (exact) mass is 503 g/mol. The number of carbonyl (C=O) groups is 3. The topological polar surface area (TPSA) is 99.5 Å². The second kappa shape index (κ2) is 10.2. The SMILES string of the molecule is CCOC(=O)c1sc(NC(=O)Cn2nc(C(F)F)c(Cl)c2C2CC2)c(C(=O)OC(C)C)c1C. The predicted molar refractivity (Wildman–Crippen MR) is 118 cm³/mol. The largest absolute Gasteiger partial charge is 0.462 e. The normalized spacial score (nSPS) is 13.5. The van der Waals surface area contributed by atoms with Gasteiger partial charge in [0, 0.05) is 5.92 Å². The lowest BCUT2D eigenvalue weighted by atomic mass is 10.1. The molecule has 0 saturated heterocycles. The molecule has 8 nitrogen and oxygen atoms in total. The first kappa shape index (κ1) is 25.1. The van der Waals surface area contributed by atoms with Crippen molar-refractivity contribution >= 4 is 45.8 Å². The number of hydrogen-bond acceptors (Lipinski definition) is 7. The van der Waals surface area contributed by atoms with E-state index in [-0.39, 0.29) is 39.5 Å². The van der Waals surface area contributed by atoms with Gasteiger partial charge < -0.3 is 14.8 Å². The molecule has 3 rings (SSSR count). The molecule has 1 saturated carbocycles. The molecule has 180 valence electrons. The number of halogens is 3. The molecule has 1 aliphatic carbocycles. The van der Waals surface area contributed by atoms with Crippen molar-refractivity contribution in [2.45, 2.75) is 65.5 Å². The molecule has 0 radical (unpaired) electrons. The number of rotatable bonds is 9. The Morgan fingerprint density at radius 3 is 2.48 bits per heavy atom. The predicted octanol–water partition coefficient (Wildman–Crippen LogP) is 5.10. The van der Waals surface area contributed by atoms with Crippen LogP contribution in [0.15, 0.2) is 0 Å². The molecule has 0 aromatic carbocycles. The molecular formula is C21H24ClF2N3O5S. The van der Waals surface area contributed by atoms with Gasteiger partial charge in [-0.1, -0.05) is 11.6 Å². The Labute approximate surface area is 198 Å². The maximum Gasteiger partial charge on any atom is 0.348 e. The third-order valence-electron chi connectivity index (χ3n) is 4.83. The number of nitrogens with one attached hydrogen (secondary N) is 1. The molecule has 0 bridgehead atoms. The Morgan fingerprint density at radius 2 is 1.94 bits per heavy atom. The van der Waals surface area contributed by atoms with Crippen LogP contribution in [0.3, 0.4) is 0 Å². The molecule has 2 aromatic rings. The first-order chi connectivity index (χ1) is 15.5. The number of esters is 2. The Hall–Kier alpha value is -2.53. The minimum atomic E-state index is -2.87. The summed E-state index contributed by atoms with van der Waals surface area (Å²) in [5.41, 5.74) is 0.194. The quantitative estimate of drug-likeness (QED) is 0.478. The van der Waals surface area contributed by atoms with Gasteiger partial charge in [-0.25, -0.2) is 18.4 Å². The number of amides is 1. The number of thiophene rings is 1. The first-order valence-corrected chi connectivity index (χ1v) is 11.6. The van der Waals surface area contributed by atoms with E-state index in [2.05, 4.69) is 10.4 Å². The van der Waals surface area contributed by atoms with Gasteiger partial charge in [0.25, 0.3) is 6.43 Å². The van der Waals surface area contributed by atoms with Crippen molar-refractivity contribution in [2.24, 2.45) is 0 Å². The van der Waals surface area contributed by atoms with Crippen LogP contribution in [0.1, 0.15) is 82.9 Å². The van der Waals surface area contributed by atoms with Crippen molar-refractivity contribution in [3.63, 3.8) is 0 Å². The van der Waals surface area contributed by atoms with Gasteiger partial charge in [0.2, 0.25) is 5.91 Å². The molecular weight excluding hydrogens is 480 g/mol. The maximum atomic E-state index is 13.3. The Kier molecular flexibility index (Phi) is 7.73. The molecule has 12 heteroatoms. The van der Waals surface area contributed by atoms with Gasteiger partial charge in [-0.2, -0.15) is 5.10 Å². The molecule has 1 N–H and O–H groups in total. The fraction of sp³-hybridized carbons (Fsp3) is 0.524. The summed E-state index contributed by atoms with van der Waals surface area (Å²) in [4.78, 5) is 37.9. The summed E-state index contributed by atoms with van der Waals surface area (Å²) >= 11 is 6.98. The third-order valence-corrected chi connectivity index (χ3v) is 6.40. The van der Waals surface area contributed by atoms with E-state index in [1.807, 2.05) is 0 Å². The number of anilines is 1. The van der Waals surface area contributed by atoms with Crippen LogP contribution in [0.25, 0.3) is 0 Å². The highest BCUT2D eigenvalue weighted by Gasteiger charge is 2.35. The summed E-state index contributed by atoms with van der Waals surface area (Å²) in [6.45, 7) is 6.31. The van der Waals surface area contributed by atoms with Crippen molar-refractivity contribution in [2.75, 3.05) is 11.9 Å². The number of nitrogens with zero attached hydrogens (tertiary/aromatic N) is 2. The van der Waals surface area contributed by atoms with Crippen LogP contribution in [-0.2, 0) is 20.8 Å². The van der Waals surface area contributed by atoms with Gasteiger partial charge in [-0.15, -0.1) is 11.3 Å². The molecule has 0 aliphatic heterocycles. The molecule has 33 heavy (non-hydrogen) atoms. The third kappa shape index (κ3) is 5.52. The maximum absolute atomic E-state index is 13.3. The van der Waals surface area contributed by atoms with Crippen molar-refractivity contribution in [1.29, 1.82) is 0 Å². The fourth-order valence-electron chi connectivity index (χ4n) is 3.29. The number of hydrogen-bond donors (Lipinski definition) is 1. The lowest BCUT2D eigenvalue weighted by molar-refractivity contribution is -0.116. The van der Waals surface area contributed by atoms with Gasteiger partial charge in [0.15, 0.2) is 0 Å². The van der Waals surface area contributed by atoms with Crippen LogP contribution in [0, 0.1) is 6.92 Å². The molecule has 0 spiro atoms. The van der Waals surface area contributed by atoms with E-state index >= 15 is 0 Å². The van der Waals surface area contributed by atoms with Crippen molar-refractivity contribution < 1.29 is 32.6 Å². The van der Waals surface area contributed by atoms with E-state index in [0.717, 1.165) is 24.2 Å². The molecule has 0 unspecified atom stereocenters. The van der Waals surface area contributed by atoms with E-state index in [9.17, 15) is 23.2 Å². The zero-order chi connectivity index (χ0) is 24.4. The van der Waals surface area contributed by atoms with Crippen molar-refractivity contribution in [3.8, 4) is 0 Å². The second-order valence-electron chi connectivity index (χ2n) is 7.80. The van der Waals surface area contributed by atoms with E-state index in [0.29, 0.717) is 11.3 Å². The molecule has 1 amide bonds. The number of ether oxygens (including phenoxy) is 2. The minimum absolute atomic E-state index is 0.0266. The standard InChI is InChI=1S/C21H24ClF2N3O5S/c1-5-31-21(30)17-10(4)13(20(29)32-9(2)3)19(33-17)25-12(28)8-27-16(11-6-7-11)14(22)15(26-27)18(23)24/h9,11,18H,5-8H2,1-4H3,(H,25,28). The Bertz CT molecular complexity index is 1080. The van der Waals surface area contributed by atoms with Crippen LogP contribution in [-0.4, -0.2) is 40.3 Å². The zero-order valence-electron chi connectivity index (χ0n) is 18.5. The van der Waals surface area contributed by atoms with Gasteiger partial charge in [0.05, 0.1) is 29.0 Å². The van der Waals surface area contributed by atoms with E-state index < -0.39 is 36.1 Å². The van der Waals surface area contributed by atoms with Gasteiger partial charge in [-0.3, -0.25) is 9.48 Å². The Balaban J connectivity index is 1.90. The molecule has 0 atom stereocenters. The first-order valence-electron chi connectivity index (χ1n) is 10.4. The summed E-state index contributed by atoms with van der Waals surface area (Å²) in [5, 5.41) is 6.41. The van der Waals surface area contributed by atoms with Crippen LogP contribution in [0.4, 0.5) is 13.8 Å². The van der Waals surface area contributed by atoms with E-state index in [4.69, 9.17) is 21.1 Å². The fourth-order valence-corrected chi connectivity index (χ4v) is 4.77. The average Bonchev–Trinajstić information content (AvgIpc) is 3.41. The number of alkyl halides is 2. The lowest BCUT2D eigenvalue weighted by Gasteiger charge is -2.11. The lowest BCUT2D eigenvalue weighted by Crippen LogP contribution is -2.22. The summed E-state index contributed by atoms with van der Waals surface area (Å²) in [6.07, 6.45) is -1.75. The second-order valence-corrected chi connectivity index (χ2v) is 9.20. The highest BCUT2D eigenvalue weighted by atomic mass is 35.5. The minimum Gasteiger partial charge on any atom is -0.462 e. The molecule has 2 aromatic heterocycles. The highest BCUT2D eigenvalue weighted by Crippen LogP contribution is 2.45. The van der Waals surface area contributed by atoms with E-state index in [1.54, 1.807) is 27.7 Å². The Morgan fingerprint density at radius 1 is 1.27 bits per heavy atom. The average molecular weight is 504 g/mol. The smallest absolute Gasteiger partial charge is 0.348 e. The van der Waals surface area contributed by atoms with Gasteiger partial charge in [0.1, 0.15) is 22.1 Å². The van der Waals surface area contributed by atoms with Crippen LogP contribution >= 0.6 is 22.9 Å². The number of aromatic nitrogens is 2. The summed E-state index contributed by atoms with van der Waals surface area (Å²) in [7, 11) is 0. The van der Waals surface area contributed by atoms with Crippen molar-refractivity contribution in [1.82, 2.24) is 9.78 Å². The van der Waals surface area contributed by atoms with Gasteiger partial charge in [-0.05, 0) is 46.1 Å². The van der Waals surface area contributed by atoms with Crippen molar-refractivity contribution in [3.05, 3.63) is 32.4 Å². The summed E-state index contributed by atoms with van der Waals surface area (Å²) < 4.78 is 38.0. The number of carbonyl (C=O) groups excluding carboxylic acids is 3. The van der Waals surface area contributed by atoms with Crippen LogP contribution in [0.5, 0.6) is 0 Å². The summed E-state index contributed by atoms with van der Waals surface area (Å²) in [6, 6.07) is 0. The zero-order valence-corrected chi connectivity index (χ0v) is 20.1. The van der Waals surface area contributed by atoms with E-state index in [1.165, 1.54) is 4.68 Å². The summed E-state index contributed by atoms with van der Waals surface area (Å²) in [5.74, 6) is -1.98. The molecule has 1 fully saturated rings. The molecule has 2 heterocycles.